The lowest BCUT2D eigenvalue weighted by Gasteiger charge is -2.04. The van der Waals surface area contributed by atoms with Crippen molar-refractivity contribution in [1.82, 2.24) is 18.7 Å². The van der Waals surface area contributed by atoms with Crippen LogP contribution in [0.5, 0.6) is 0 Å². The molecule has 0 fully saturated rings. The predicted molar refractivity (Wildman–Crippen MR) is 67.4 cm³/mol. The van der Waals surface area contributed by atoms with E-state index in [1.807, 2.05) is 12.1 Å². The predicted octanol–water partition coefficient (Wildman–Crippen LogP) is 1.73. The Hall–Kier alpha value is -2.41. The normalized spacial score (nSPS) is 10.4. The summed E-state index contributed by atoms with van der Waals surface area (Å²) in [5.74, 6) is -0.316. The van der Waals surface area contributed by atoms with Crippen LogP contribution in [0.2, 0.25) is 0 Å². The van der Waals surface area contributed by atoms with Gasteiger partial charge in [0.25, 0.3) is 5.91 Å². The number of amides is 1. The van der Waals surface area contributed by atoms with E-state index in [-0.39, 0.29) is 11.6 Å². The molecular weight excluding hydrogens is 250 g/mol. The summed E-state index contributed by atoms with van der Waals surface area (Å²) in [6, 6.07) is 5.44. The first-order valence-electron chi connectivity index (χ1n) is 5.13. The molecular formula is C11H7N5OS. The van der Waals surface area contributed by atoms with Crippen molar-refractivity contribution in [2.45, 2.75) is 0 Å². The van der Waals surface area contributed by atoms with Gasteiger partial charge in [-0.05, 0) is 12.1 Å². The molecule has 0 unspecified atom stereocenters. The van der Waals surface area contributed by atoms with E-state index in [1.54, 1.807) is 6.07 Å². The van der Waals surface area contributed by atoms with Crippen molar-refractivity contribution in [3.8, 4) is 0 Å². The molecule has 88 valence electrons. The first-order chi connectivity index (χ1) is 8.84. The topological polar surface area (TPSA) is 80.7 Å². The van der Waals surface area contributed by atoms with Gasteiger partial charge in [-0.3, -0.25) is 9.78 Å². The van der Waals surface area contributed by atoms with Gasteiger partial charge in [0.1, 0.15) is 16.7 Å². The number of nitrogens with one attached hydrogen (secondary N) is 1. The highest BCUT2D eigenvalue weighted by atomic mass is 32.1. The Morgan fingerprint density at radius 1 is 1.22 bits per heavy atom. The second kappa shape index (κ2) is 4.46. The lowest BCUT2D eigenvalue weighted by Crippen LogP contribution is -2.14. The second-order valence-electron chi connectivity index (χ2n) is 3.48. The van der Waals surface area contributed by atoms with Crippen LogP contribution < -0.4 is 5.32 Å². The number of anilines is 1. The zero-order valence-electron chi connectivity index (χ0n) is 9.07. The Kier molecular flexibility index (Phi) is 2.66. The molecule has 0 aliphatic heterocycles. The van der Waals surface area contributed by atoms with Gasteiger partial charge in [0.2, 0.25) is 0 Å². The maximum absolute atomic E-state index is 11.9. The van der Waals surface area contributed by atoms with Crippen molar-refractivity contribution >= 4 is 34.4 Å². The van der Waals surface area contributed by atoms with Crippen LogP contribution in [0.1, 0.15) is 10.5 Å². The van der Waals surface area contributed by atoms with Crippen LogP contribution >= 0.6 is 11.7 Å². The van der Waals surface area contributed by atoms with Crippen molar-refractivity contribution < 1.29 is 4.79 Å². The Bertz CT molecular complexity index is 697. The van der Waals surface area contributed by atoms with Crippen LogP contribution in [0.3, 0.4) is 0 Å². The van der Waals surface area contributed by atoms with Crippen molar-refractivity contribution in [1.29, 1.82) is 0 Å². The molecule has 2 heterocycles. The summed E-state index contributed by atoms with van der Waals surface area (Å²) in [6.07, 6.45) is 4.40. The Balaban J connectivity index is 1.93. The number of nitrogens with zero attached hydrogens (tertiary/aromatic N) is 4. The molecule has 1 amide bonds. The highest BCUT2D eigenvalue weighted by molar-refractivity contribution is 7.00. The van der Waals surface area contributed by atoms with E-state index in [9.17, 15) is 4.79 Å². The summed E-state index contributed by atoms with van der Waals surface area (Å²) >= 11 is 1.11. The number of benzene rings is 1. The number of rotatable bonds is 2. The lowest BCUT2D eigenvalue weighted by molar-refractivity contribution is 0.102. The van der Waals surface area contributed by atoms with Gasteiger partial charge >= 0.3 is 0 Å². The second-order valence-corrected chi connectivity index (χ2v) is 4.01. The highest BCUT2D eigenvalue weighted by Gasteiger charge is 2.11. The molecule has 0 aliphatic carbocycles. The monoisotopic (exact) mass is 257 g/mol. The first-order valence-corrected chi connectivity index (χ1v) is 5.86. The van der Waals surface area contributed by atoms with E-state index in [2.05, 4.69) is 24.0 Å². The third kappa shape index (κ3) is 1.91. The maximum atomic E-state index is 11.9. The average Bonchev–Trinajstić information content (AvgIpc) is 2.89. The number of fused-ring (bicyclic) bond motifs is 1. The SMILES string of the molecule is O=C(Nc1cccc2nsnc12)c1cnccn1. The largest absolute Gasteiger partial charge is 0.319 e. The fourth-order valence-corrected chi connectivity index (χ4v) is 2.06. The van der Waals surface area contributed by atoms with Crippen LogP contribution in [0.4, 0.5) is 5.69 Å². The van der Waals surface area contributed by atoms with E-state index in [0.29, 0.717) is 11.2 Å². The van der Waals surface area contributed by atoms with Crippen LogP contribution in [0.15, 0.2) is 36.8 Å². The van der Waals surface area contributed by atoms with E-state index in [0.717, 1.165) is 17.2 Å². The molecule has 1 N–H and O–H groups in total. The molecule has 0 saturated carbocycles. The fraction of sp³-hybridized carbons (Fsp3) is 0. The van der Waals surface area contributed by atoms with Crippen molar-refractivity contribution in [2.24, 2.45) is 0 Å². The molecule has 3 rings (SSSR count). The van der Waals surface area contributed by atoms with E-state index in [1.165, 1.54) is 18.6 Å². The summed E-state index contributed by atoms with van der Waals surface area (Å²) in [4.78, 5) is 19.7. The van der Waals surface area contributed by atoms with Crippen molar-refractivity contribution in [3.05, 3.63) is 42.5 Å². The molecule has 2 aromatic heterocycles. The Morgan fingerprint density at radius 3 is 3.00 bits per heavy atom. The number of aromatic nitrogens is 4. The number of hydrogen-bond acceptors (Lipinski definition) is 6. The maximum Gasteiger partial charge on any atom is 0.275 e. The highest BCUT2D eigenvalue weighted by Crippen LogP contribution is 2.21. The van der Waals surface area contributed by atoms with E-state index >= 15 is 0 Å². The van der Waals surface area contributed by atoms with Crippen LogP contribution in [-0.2, 0) is 0 Å². The molecule has 1 aromatic carbocycles. The van der Waals surface area contributed by atoms with Crippen molar-refractivity contribution in [3.63, 3.8) is 0 Å². The molecule has 6 nitrogen and oxygen atoms in total. The van der Waals surface area contributed by atoms with Gasteiger partial charge in [-0.2, -0.15) is 8.75 Å². The minimum Gasteiger partial charge on any atom is -0.319 e. The molecule has 18 heavy (non-hydrogen) atoms. The smallest absolute Gasteiger partial charge is 0.275 e. The van der Waals surface area contributed by atoms with Crippen LogP contribution in [-0.4, -0.2) is 24.6 Å². The number of hydrogen-bond donors (Lipinski definition) is 1. The third-order valence-corrected chi connectivity index (χ3v) is 2.87. The van der Waals surface area contributed by atoms with E-state index < -0.39 is 0 Å². The summed E-state index contributed by atoms with van der Waals surface area (Å²) in [7, 11) is 0. The number of carbonyl (C=O) groups excluding carboxylic acids is 1. The van der Waals surface area contributed by atoms with Gasteiger partial charge in [-0.1, -0.05) is 6.07 Å². The zero-order chi connectivity index (χ0) is 12.4. The summed E-state index contributed by atoms with van der Waals surface area (Å²) in [5.41, 5.74) is 2.33. The average molecular weight is 257 g/mol. The quantitative estimate of drug-likeness (QED) is 0.756. The van der Waals surface area contributed by atoms with Gasteiger partial charge in [-0.15, -0.1) is 0 Å². The van der Waals surface area contributed by atoms with Gasteiger partial charge in [0.05, 0.1) is 23.6 Å². The minimum absolute atomic E-state index is 0.262. The van der Waals surface area contributed by atoms with Gasteiger partial charge < -0.3 is 5.32 Å². The standard InChI is InChI=1S/C11H7N5OS/c17-11(9-6-12-4-5-13-9)14-7-2-1-3-8-10(7)16-18-15-8/h1-6H,(H,14,17). The molecule has 0 atom stereocenters. The molecule has 0 saturated heterocycles. The van der Waals surface area contributed by atoms with Crippen LogP contribution in [0.25, 0.3) is 11.0 Å². The third-order valence-electron chi connectivity index (χ3n) is 2.33. The summed E-state index contributed by atoms with van der Waals surface area (Å²) < 4.78 is 8.26. The fourth-order valence-electron chi connectivity index (χ4n) is 1.51. The molecule has 0 radical (unpaired) electrons. The zero-order valence-corrected chi connectivity index (χ0v) is 9.89. The lowest BCUT2D eigenvalue weighted by atomic mass is 10.2. The van der Waals surface area contributed by atoms with Crippen LogP contribution in [0, 0.1) is 0 Å². The minimum atomic E-state index is -0.316. The van der Waals surface area contributed by atoms with Gasteiger partial charge in [-0.25, -0.2) is 4.98 Å². The summed E-state index contributed by atoms with van der Waals surface area (Å²) in [5, 5.41) is 2.75. The molecule has 0 aliphatic rings. The number of carbonyl (C=O) groups is 1. The molecule has 7 heteroatoms. The molecule has 0 spiro atoms. The molecule has 3 aromatic rings. The van der Waals surface area contributed by atoms with Crippen molar-refractivity contribution in [2.75, 3.05) is 5.32 Å². The first kappa shape index (κ1) is 10.7. The molecule has 0 bridgehead atoms. The Labute approximate surface area is 106 Å². The van der Waals surface area contributed by atoms with Gasteiger partial charge in [0, 0.05) is 12.4 Å². The Morgan fingerprint density at radius 2 is 2.17 bits per heavy atom. The van der Waals surface area contributed by atoms with E-state index in [4.69, 9.17) is 0 Å². The summed E-state index contributed by atoms with van der Waals surface area (Å²) in [6.45, 7) is 0. The van der Waals surface area contributed by atoms with Gasteiger partial charge in [0.15, 0.2) is 0 Å².